The molecule has 0 bridgehead atoms. The lowest BCUT2D eigenvalue weighted by molar-refractivity contribution is -0.143. The Hall–Kier alpha value is -1.12. The topological polar surface area (TPSA) is 38.7 Å². The van der Waals surface area contributed by atoms with Gasteiger partial charge in [0.1, 0.15) is 0 Å². The third kappa shape index (κ3) is 1.67. The van der Waals surface area contributed by atoms with Gasteiger partial charge in [-0.05, 0) is 25.5 Å². The Labute approximate surface area is 65.8 Å². The Balaban J connectivity index is 2.55. The zero-order valence-corrected chi connectivity index (χ0v) is 6.70. The van der Waals surface area contributed by atoms with E-state index in [4.69, 9.17) is 4.74 Å². The van der Waals surface area contributed by atoms with Crippen LogP contribution in [0.2, 0.25) is 0 Å². The van der Waals surface area contributed by atoms with Gasteiger partial charge in [0.2, 0.25) is 0 Å². The second kappa shape index (κ2) is 3.32. The summed E-state index contributed by atoms with van der Waals surface area (Å²) in [5.74, 6) is -0.255. The predicted molar refractivity (Wildman–Crippen MR) is 42.7 cm³/mol. The van der Waals surface area contributed by atoms with Crippen molar-refractivity contribution in [1.29, 1.82) is 0 Å². The van der Waals surface area contributed by atoms with E-state index in [1.807, 2.05) is 13.0 Å². The van der Waals surface area contributed by atoms with Crippen LogP contribution in [0.5, 0.6) is 0 Å². The number of nitrogens with zero attached hydrogens (tertiary/aromatic N) is 1. The quantitative estimate of drug-likeness (QED) is 0.554. The van der Waals surface area contributed by atoms with Gasteiger partial charge in [0.15, 0.2) is 6.04 Å². The van der Waals surface area contributed by atoms with E-state index < -0.39 is 0 Å². The van der Waals surface area contributed by atoms with Gasteiger partial charge in [-0.3, -0.25) is 4.99 Å². The second-order valence-corrected chi connectivity index (χ2v) is 2.36. The van der Waals surface area contributed by atoms with Crippen LogP contribution in [0.15, 0.2) is 16.6 Å². The van der Waals surface area contributed by atoms with Crippen LogP contribution in [0.3, 0.4) is 0 Å². The standard InChI is InChI=1S/C8H11NO2/c1-3-11-8(10)7-6(2)4-5-9-7/h4-5,7H,3H2,1-2H3/t7-/m0/s1. The van der Waals surface area contributed by atoms with Gasteiger partial charge in [0, 0.05) is 6.21 Å². The van der Waals surface area contributed by atoms with Gasteiger partial charge in [-0.2, -0.15) is 0 Å². The summed E-state index contributed by atoms with van der Waals surface area (Å²) in [5.41, 5.74) is 0.948. The van der Waals surface area contributed by atoms with Gasteiger partial charge in [0.25, 0.3) is 0 Å². The van der Waals surface area contributed by atoms with Crippen molar-refractivity contribution in [3.63, 3.8) is 0 Å². The molecule has 0 unspecified atom stereocenters. The first-order valence-corrected chi connectivity index (χ1v) is 3.62. The molecule has 0 aliphatic carbocycles. The SMILES string of the molecule is CCOC(=O)[C@H]1N=CC=C1C. The predicted octanol–water partition coefficient (Wildman–Crippen LogP) is 0.949. The molecule has 3 heteroatoms. The minimum Gasteiger partial charge on any atom is -0.464 e. The molecule has 0 saturated carbocycles. The third-order valence-electron chi connectivity index (χ3n) is 1.51. The average Bonchev–Trinajstić information content (AvgIpc) is 2.36. The van der Waals surface area contributed by atoms with Gasteiger partial charge >= 0.3 is 5.97 Å². The van der Waals surface area contributed by atoms with E-state index in [0.29, 0.717) is 6.61 Å². The highest BCUT2D eigenvalue weighted by atomic mass is 16.5. The lowest BCUT2D eigenvalue weighted by Crippen LogP contribution is -2.20. The highest BCUT2D eigenvalue weighted by molar-refractivity contribution is 5.88. The van der Waals surface area contributed by atoms with Crippen molar-refractivity contribution in [3.8, 4) is 0 Å². The van der Waals surface area contributed by atoms with E-state index in [9.17, 15) is 4.79 Å². The summed E-state index contributed by atoms with van der Waals surface area (Å²) in [4.78, 5) is 15.0. The van der Waals surface area contributed by atoms with E-state index in [0.717, 1.165) is 5.57 Å². The summed E-state index contributed by atoms with van der Waals surface area (Å²) in [6.07, 6.45) is 3.46. The summed E-state index contributed by atoms with van der Waals surface area (Å²) < 4.78 is 4.80. The molecule has 0 N–H and O–H groups in total. The smallest absolute Gasteiger partial charge is 0.335 e. The molecule has 1 heterocycles. The number of hydrogen-bond acceptors (Lipinski definition) is 3. The summed E-state index contributed by atoms with van der Waals surface area (Å²) in [5, 5.41) is 0. The van der Waals surface area contributed by atoms with Crippen molar-refractivity contribution in [2.24, 2.45) is 4.99 Å². The van der Waals surface area contributed by atoms with Crippen LogP contribution in [-0.4, -0.2) is 24.8 Å². The fourth-order valence-electron chi connectivity index (χ4n) is 0.923. The number of rotatable bonds is 2. The maximum atomic E-state index is 11.1. The molecule has 0 aromatic rings. The Bertz CT molecular complexity index is 218. The number of carbonyl (C=O) groups excluding carboxylic acids is 1. The van der Waals surface area contributed by atoms with Crippen LogP contribution in [0, 0.1) is 0 Å². The third-order valence-corrected chi connectivity index (χ3v) is 1.51. The molecular weight excluding hydrogens is 142 g/mol. The molecule has 0 aromatic carbocycles. The fourth-order valence-corrected chi connectivity index (χ4v) is 0.923. The highest BCUT2D eigenvalue weighted by Gasteiger charge is 2.21. The highest BCUT2D eigenvalue weighted by Crippen LogP contribution is 2.11. The second-order valence-electron chi connectivity index (χ2n) is 2.36. The van der Waals surface area contributed by atoms with Crippen LogP contribution >= 0.6 is 0 Å². The maximum Gasteiger partial charge on any atom is 0.335 e. The molecule has 1 rings (SSSR count). The normalized spacial score (nSPS) is 21.6. The van der Waals surface area contributed by atoms with E-state index in [2.05, 4.69) is 4.99 Å². The van der Waals surface area contributed by atoms with Crippen molar-refractivity contribution in [2.45, 2.75) is 19.9 Å². The van der Waals surface area contributed by atoms with Crippen LogP contribution in [-0.2, 0) is 9.53 Å². The zero-order chi connectivity index (χ0) is 8.27. The van der Waals surface area contributed by atoms with E-state index >= 15 is 0 Å². The molecule has 0 amide bonds. The van der Waals surface area contributed by atoms with Crippen molar-refractivity contribution in [1.82, 2.24) is 0 Å². The van der Waals surface area contributed by atoms with E-state index in [1.54, 1.807) is 13.1 Å². The molecule has 1 aliphatic heterocycles. The van der Waals surface area contributed by atoms with Gasteiger partial charge in [-0.1, -0.05) is 0 Å². The summed E-state index contributed by atoms with van der Waals surface area (Å²) >= 11 is 0. The lowest BCUT2D eigenvalue weighted by atomic mass is 10.1. The first kappa shape index (κ1) is 7.98. The largest absolute Gasteiger partial charge is 0.464 e. The van der Waals surface area contributed by atoms with Gasteiger partial charge < -0.3 is 4.74 Å². The van der Waals surface area contributed by atoms with Crippen LogP contribution in [0.1, 0.15) is 13.8 Å². The van der Waals surface area contributed by atoms with Gasteiger partial charge in [-0.15, -0.1) is 0 Å². The first-order chi connectivity index (χ1) is 5.25. The monoisotopic (exact) mass is 153 g/mol. The Morgan fingerprint density at radius 3 is 3.00 bits per heavy atom. The first-order valence-electron chi connectivity index (χ1n) is 3.62. The number of carbonyl (C=O) groups is 1. The molecule has 0 radical (unpaired) electrons. The maximum absolute atomic E-state index is 11.1. The van der Waals surface area contributed by atoms with E-state index in [1.165, 1.54) is 0 Å². The summed E-state index contributed by atoms with van der Waals surface area (Å²) in [7, 11) is 0. The molecule has 11 heavy (non-hydrogen) atoms. The number of esters is 1. The molecule has 1 atom stereocenters. The van der Waals surface area contributed by atoms with Crippen LogP contribution in [0.4, 0.5) is 0 Å². The Morgan fingerprint density at radius 2 is 2.55 bits per heavy atom. The van der Waals surface area contributed by atoms with Crippen LogP contribution < -0.4 is 0 Å². The Kier molecular flexibility index (Phi) is 2.41. The minimum absolute atomic E-state index is 0.255. The number of allylic oxidation sites excluding steroid dienone is 1. The van der Waals surface area contributed by atoms with E-state index in [-0.39, 0.29) is 12.0 Å². The minimum atomic E-state index is -0.380. The summed E-state index contributed by atoms with van der Waals surface area (Å²) in [6, 6.07) is -0.380. The molecule has 3 nitrogen and oxygen atoms in total. The molecule has 0 saturated heterocycles. The van der Waals surface area contributed by atoms with Crippen molar-refractivity contribution < 1.29 is 9.53 Å². The molecule has 0 fully saturated rings. The lowest BCUT2D eigenvalue weighted by Gasteiger charge is -2.06. The zero-order valence-electron chi connectivity index (χ0n) is 6.70. The van der Waals surface area contributed by atoms with Crippen molar-refractivity contribution >= 4 is 12.2 Å². The van der Waals surface area contributed by atoms with Crippen molar-refractivity contribution in [2.75, 3.05) is 6.61 Å². The number of ether oxygens (including phenoxy) is 1. The summed E-state index contributed by atoms with van der Waals surface area (Å²) in [6.45, 7) is 4.07. The molecule has 0 aromatic heterocycles. The number of hydrogen-bond donors (Lipinski definition) is 0. The molecular formula is C8H11NO2. The van der Waals surface area contributed by atoms with Gasteiger partial charge in [0.05, 0.1) is 6.61 Å². The fraction of sp³-hybridized carbons (Fsp3) is 0.500. The van der Waals surface area contributed by atoms with Crippen LogP contribution in [0.25, 0.3) is 0 Å². The number of aliphatic imine (C=N–C) groups is 1. The molecule has 60 valence electrons. The Morgan fingerprint density at radius 1 is 1.82 bits per heavy atom. The molecule has 1 aliphatic rings. The average molecular weight is 153 g/mol. The molecule has 0 spiro atoms. The van der Waals surface area contributed by atoms with Crippen molar-refractivity contribution in [3.05, 3.63) is 11.6 Å². The van der Waals surface area contributed by atoms with Gasteiger partial charge in [-0.25, -0.2) is 4.79 Å².